The second kappa shape index (κ2) is 15.1. The van der Waals surface area contributed by atoms with E-state index in [4.69, 9.17) is 4.42 Å². The highest BCUT2D eigenvalue weighted by Crippen LogP contribution is 2.50. The van der Waals surface area contributed by atoms with Crippen LogP contribution >= 0.6 is 0 Å². The molecule has 0 fully saturated rings. The molecule has 0 aliphatic heterocycles. The minimum Gasteiger partial charge on any atom is -0.455 e. The van der Waals surface area contributed by atoms with E-state index in [2.05, 4.69) is 243 Å². The second-order valence-electron chi connectivity index (χ2n) is 17.0. The third-order valence-corrected chi connectivity index (χ3v) is 13.4. The summed E-state index contributed by atoms with van der Waals surface area (Å²) < 4.78 is 7.16. The van der Waals surface area contributed by atoms with Gasteiger partial charge in [0.25, 0.3) is 0 Å². The number of para-hydroxylation sites is 1. The van der Waals surface area contributed by atoms with E-state index in [1.165, 1.54) is 104 Å². The fourth-order valence-corrected chi connectivity index (χ4v) is 10.7. The number of hydrogen-bond donors (Lipinski definition) is 0. The van der Waals surface area contributed by atoms with E-state index in [1.54, 1.807) is 0 Å². The van der Waals surface area contributed by atoms with Crippen LogP contribution in [0.1, 0.15) is 0 Å². The van der Waals surface area contributed by atoms with Crippen molar-refractivity contribution in [1.82, 2.24) is 0 Å². The van der Waals surface area contributed by atoms with Crippen LogP contribution in [-0.2, 0) is 0 Å². The third-order valence-electron chi connectivity index (χ3n) is 13.4. The fourth-order valence-electron chi connectivity index (χ4n) is 10.7. The van der Waals surface area contributed by atoms with E-state index in [1.807, 2.05) is 0 Å². The molecule has 0 aliphatic carbocycles. The van der Waals surface area contributed by atoms with Crippen molar-refractivity contribution in [2.75, 3.05) is 0 Å². The van der Waals surface area contributed by atoms with Gasteiger partial charge < -0.3 is 4.42 Å². The molecule has 0 atom stereocenters. The molecule has 1 nitrogen and oxygen atoms in total. The molecule has 13 aromatic rings. The van der Waals surface area contributed by atoms with Crippen LogP contribution in [0, 0.1) is 0 Å². The molecule has 12 aromatic carbocycles. The highest BCUT2D eigenvalue weighted by atomic mass is 16.3. The first-order chi connectivity index (χ1) is 32.3. The summed E-state index contributed by atoms with van der Waals surface area (Å²) in [7, 11) is 0. The number of rotatable bonds is 6. The smallest absolute Gasteiger partial charge is 0.143 e. The predicted octanol–water partition coefficient (Wildman–Crippen LogP) is 18.2. The lowest BCUT2D eigenvalue weighted by Gasteiger charge is -2.19. The Labute approximate surface area is 377 Å². The first-order valence-electron chi connectivity index (χ1n) is 22.4. The molecule has 0 N–H and O–H groups in total. The van der Waals surface area contributed by atoms with E-state index in [-0.39, 0.29) is 0 Å². The second-order valence-corrected chi connectivity index (χ2v) is 17.0. The van der Waals surface area contributed by atoms with Gasteiger partial charge in [0, 0.05) is 21.9 Å². The Hall–Kier alpha value is -8.52. The predicted molar refractivity (Wildman–Crippen MR) is 276 cm³/mol. The van der Waals surface area contributed by atoms with E-state index in [0.29, 0.717) is 0 Å². The van der Waals surface area contributed by atoms with Crippen molar-refractivity contribution in [3.8, 4) is 66.8 Å². The molecule has 0 amide bonds. The maximum absolute atomic E-state index is 7.16. The normalized spacial score (nSPS) is 11.7. The van der Waals surface area contributed by atoms with Crippen molar-refractivity contribution < 1.29 is 4.42 Å². The van der Waals surface area contributed by atoms with Gasteiger partial charge in [-0.15, -0.1) is 0 Å². The highest BCUT2D eigenvalue weighted by Gasteiger charge is 2.24. The molecule has 0 bridgehead atoms. The molecule has 0 saturated heterocycles. The maximum atomic E-state index is 7.16. The minimum absolute atomic E-state index is 0.877. The number of fused-ring (bicyclic) bond motifs is 7. The Balaban J connectivity index is 1.08. The van der Waals surface area contributed by atoms with Crippen molar-refractivity contribution >= 4 is 65.0 Å². The Morgan fingerprint density at radius 3 is 1.03 bits per heavy atom. The van der Waals surface area contributed by atoms with Gasteiger partial charge in [0.15, 0.2) is 0 Å². The van der Waals surface area contributed by atoms with Crippen LogP contribution < -0.4 is 0 Å². The zero-order valence-electron chi connectivity index (χ0n) is 35.5. The lowest BCUT2D eigenvalue weighted by atomic mass is 9.83. The molecule has 13 rings (SSSR count). The summed E-state index contributed by atoms with van der Waals surface area (Å²) in [6.07, 6.45) is 0. The molecule has 0 saturated carbocycles. The summed E-state index contributed by atoms with van der Waals surface area (Å²) >= 11 is 0. The maximum Gasteiger partial charge on any atom is 0.143 e. The first-order valence-corrected chi connectivity index (χ1v) is 22.4. The van der Waals surface area contributed by atoms with E-state index in [0.717, 1.165) is 27.5 Å². The molecular weight excluding hydrogens is 785 g/mol. The Morgan fingerprint density at radius 1 is 0.215 bits per heavy atom. The summed E-state index contributed by atoms with van der Waals surface area (Å²) in [6.45, 7) is 0. The SMILES string of the molecule is c1ccc(-c2cc(-c3ccccc3)cc(-c3c4ccccc4c(-c4cccc5c4oc4cccc(-c6c7ccccc7c(-c7ccccc7)c7ccccc67)c45)c4ccccc34)c2)cc1. The number of benzene rings is 12. The van der Waals surface area contributed by atoms with Crippen LogP contribution in [-0.4, -0.2) is 0 Å². The van der Waals surface area contributed by atoms with Gasteiger partial charge in [0.05, 0.1) is 0 Å². The largest absolute Gasteiger partial charge is 0.455 e. The Bertz CT molecular complexity index is 3800. The summed E-state index contributed by atoms with van der Waals surface area (Å²) in [5, 5.41) is 11.9. The van der Waals surface area contributed by atoms with Crippen LogP contribution in [0.5, 0.6) is 0 Å². The van der Waals surface area contributed by atoms with E-state index >= 15 is 0 Å². The molecule has 0 unspecified atom stereocenters. The van der Waals surface area contributed by atoms with Gasteiger partial charge in [-0.2, -0.15) is 0 Å². The minimum atomic E-state index is 0.877. The van der Waals surface area contributed by atoms with E-state index in [9.17, 15) is 0 Å². The molecule has 1 heterocycles. The van der Waals surface area contributed by atoms with Gasteiger partial charge in [-0.25, -0.2) is 0 Å². The Morgan fingerprint density at radius 2 is 0.554 bits per heavy atom. The van der Waals surface area contributed by atoms with Crippen molar-refractivity contribution in [1.29, 1.82) is 0 Å². The number of furan rings is 1. The topological polar surface area (TPSA) is 13.1 Å². The average Bonchev–Trinajstić information content (AvgIpc) is 3.77. The molecule has 0 spiro atoms. The lowest BCUT2D eigenvalue weighted by Crippen LogP contribution is -1.92. The van der Waals surface area contributed by atoms with Crippen LogP contribution in [0.3, 0.4) is 0 Å². The van der Waals surface area contributed by atoms with Crippen molar-refractivity contribution in [2.24, 2.45) is 0 Å². The molecule has 1 aromatic heterocycles. The first kappa shape index (κ1) is 37.1. The third kappa shape index (κ3) is 5.94. The monoisotopic (exact) mass is 824 g/mol. The van der Waals surface area contributed by atoms with Crippen molar-refractivity contribution in [3.05, 3.63) is 243 Å². The molecule has 0 radical (unpaired) electrons. The zero-order chi connectivity index (χ0) is 42.8. The van der Waals surface area contributed by atoms with Crippen molar-refractivity contribution in [2.45, 2.75) is 0 Å². The van der Waals surface area contributed by atoms with Gasteiger partial charge in [-0.3, -0.25) is 0 Å². The van der Waals surface area contributed by atoms with Gasteiger partial charge in [-0.05, 0) is 123 Å². The number of hydrogen-bond acceptors (Lipinski definition) is 1. The van der Waals surface area contributed by atoms with Crippen LogP contribution in [0.15, 0.2) is 247 Å². The summed E-state index contributed by atoms with van der Waals surface area (Å²) in [5.41, 5.74) is 16.1. The summed E-state index contributed by atoms with van der Waals surface area (Å²) in [4.78, 5) is 0. The highest BCUT2D eigenvalue weighted by molar-refractivity contribution is 6.28. The van der Waals surface area contributed by atoms with Gasteiger partial charge in [0.2, 0.25) is 0 Å². The van der Waals surface area contributed by atoms with Crippen molar-refractivity contribution in [3.63, 3.8) is 0 Å². The van der Waals surface area contributed by atoms with E-state index < -0.39 is 0 Å². The standard InChI is InChI=1S/C64H40O/c1-4-20-41(21-5-1)44-38-45(42-22-6-2-7-23-42)40-46(39-44)60-49-28-12-16-32-53(49)62(54-33-17-13-29-50(54)60)56-35-18-36-57-63-55(34-19-37-58(63)65-64(56)57)61-51-30-14-10-26-47(51)59(43-24-8-3-9-25-43)48-27-11-15-31-52(48)61/h1-40H. The fraction of sp³-hybridized carbons (Fsp3) is 0. The molecule has 302 valence electrons. The molecule has 65 heavy (non-hydrogen) atoms. The lowest BCUT2D eigenvalue weighted by molar-refractivity contribution is 0.670. The van der Waals surface area contributed by atoms with Crippen LogP contribution in [0.25, 0.3) is 132 Å². The average molecular weight is 825 g/mol. The van der Waals surface area contributed by atoms with Gasteiger partial charge in [0.1, 0.15) is 11.2 Å². The molecule has 1 heteroatoms. The molecular formula is C64H40O. The zero-order valence-corrected chi connectivity index (χ0v) is 35.5. The molecule has 0 aliphatic rings. The quantitative estimate of drug-likeness (QED) is 0.152. The summed E-state index contributed by atoms with van der Waals surface area (Å²) in [5.74, 6) is 0. The van der Waals surface area contributed by atoms with Gasteiger partial charge >= 0.3 is 0 Å². The van der Waals surface area contributed by atoms with Gasteiger partial charge in [-0.1, -0.05) is 218 Å². The Kier molecular flexibility index (Phi) is 8.60. The van der Waals surface area contributed by atoms with Crippen LogP contribution in [0.2, 0.25) is 0 Å². The van der Waals surface area contributed by atoms with Crippen LogP contribution in [0.4, 0.5) is 0 Å². The summed E-state index contributed by atoms with van der Waals surface area (Å²) in [6, 6.07) is 88.3.